The summed E-state index contributed by atoms with van der Waals surface area (Å²) < 4.78 is 4.58. The van der Waals surface area contributed by atoms with Gasteiger partial charge in [-0.2, -0.15) is 0 Å². The summed E-state index contributed by atoms with van der Waals surface area (Å²) in [4.78, 5) is 45.6. The molecule has 0 atom stereocenters. The van der Waals surface area contributed by atoms with Crippen LogP contribution in [0.2, 0.25) is 0 Å². The molecule has 0 bridgehead atoms. The number of rotatable bonds is 4. The molecule has 0 heterocycles. The quantitative estimate of drug-likeness (QED) is 0.548. The van der Waals surface area contributed by atoms with Crippen molar-refractivity contribution >= 4 is 23.5 Å². The first-order chi connectivity index (χ1) is 7.44. The van der Waals surface area contributed by atoms with Crippen LogP contribution < -0.4 is 0 Å². The third kappa shape index (κ3) is 3.22. The average Bonchev–Trinajstić information content (AvgIpc) is 2.16. The third-order valence-corrected chi connectivity index (χ3v) is 2.97. The SMILES string of the molecule is CC(=O)C(C)(C)C(=O)OC(=O)C(C)(C)C(C)=O. The van der Waals surface area contributed by atoms with E-state index >= 15 is 0 Å². The van der Waals surface area contributed by atoms with Gasteiger partial charge in [0.2, 0.25) is 0 Å². The Morgan fingerprint density at radius 1 is 0.706 bits per heavy atom. The van der Waals surface area contributed by atoms with E-state index in [1.54, 1.807) is 0 Å². The van der Waals surface area contributed by atoms with Crippen molar-refractivity contribution in [3.8, 4) is 0 Å². The zero-order valence-electron chi connectivity index (χ0n) is 11.0. The zero-order chi connectivity index (χ0) is 14.0. The van der Waals surface area contributed by atoms with E-state index in [9.17, 15) is 19.2 Å². The fourth-order valence-corrected chi connectivity index (χ4v) is 0.627. The number of hydrogen-bond donors (Lipinski definition) is 0. The van der Waals surface area contributed by atoms with Gasteiger partial charge < -0.3 is 4.74 Å². The Kier molecular flexibility index (Phi) is 4.35. The van der Waals surface area contributed by atoms with Gasteiger partial charge in [-0.05, 0) is 41.5 Å². The molecule has 0 aromatic carbocycles. The summed E-state index contributed by atoms with van der Waals surface area (Å²) in [6.45, 7) is 7.94. The maximum atomic E-state index is 11.6. The van der Waals surface area contributed by atoms with Crippen molar-refractivity contribution in [3.05, 3.63) is 0 Å². The summed E-state index contributed by atoms with van der Waals surface area (Å²) in [5, 5.41) is 0. The number of ketones is 2. The highest BCUT2D eigenvalue weighted by Crippen LogP contribution is 2.23. The first-order valence-corrected chi connectivity index (χ1v) is 5.22. The van der Waals surface area contributed by atoms with Gasteiger partial charge in [0.15, 0.2) is 0 Å². The lowest BCUT2D eigenvalue weighted by molar-refractivity contribution is -0.173. The monoisotopic (exact) mass is 242 g/mol. The summed E-state index contributed by atoms with van der Waals surface area (Å²) in [5.41, 5.74) is -2.77. The fourth-order valence-electron chi connectivity index (χ4n) is 0.627. The van der Waals surface area contributed by atoms with E-state index in [2.05, 4.69) is 4.74 Å². The Bertz CT molecular complexity index is 340. The first kappa shape index (κ1) is 15.5. The van der Waals surface area contributed by atoms with E-state index in [1.807, 2.05) is 0 Å². The van der Waals surface area contributed by atoms with Gasteiger partial charge in [-0.15, -0.1) is 0 Å². The molecule has 0 aliphatic heterocycles. The van der Waals surface area contributed by atoms with Crippen LogP contribution in [0.15, 0.2) is 0 Å². The molecular weight excluding hydrogens is 224 g/mol. The van der Waals surface area contributed by atoms with Gasteiger partial charge in [0.25, 0.3) is 0 Å². The largest absolute Gasteiger partial charge is 0.392 e. The number of Topliss-reactive ketones (excluding diaryl/α,β-unsaturated/α-hetero) is 2. The minimum atomic E-state index is -1.39. The second-order valence-corrected chi connectivity index (χ2v) is 5.04. The Balaban J connectivity index is 4.90. The topological polar surface area (TPSA) is 77.5 Å². The van der Waals surface area contributed by atoms with Crippen molar-refractivity contribution in [1.82, 2.24) is 0 Å². The molecular formula is C12H18O5. The van der Waals surface area contributed by atoms with Crippen LogP contribution in [0.25, 0.3) is 0 Å². The molecule has 5 nitrogen and oxygen atoms in total. The number of hydrogen-bond acceptors (Lipinski definition) is 5. The van der Waals surface area contributed by atoms with Crippen LogP contribution in [-0.4, -0.2) is 23.5 Å². The van der Waals surface area contributed by atoms with E-state index in [-0.39, 0.29) is 0 Å². The van der Waals surface area contributed by atoms with Crippen LogP contribution in [0.3, 0.4) is 0 Å². The Morgan fingerprint density at radius 3 is 1.12 bits per heavy atom. The lowest BCUT2D eigenvalue weighted by Gasteiger charge is -2.22. The molecule has 0 rings (SSSR count). The van der Waals surface area contributed by atoms with Crippen molar-refractivity contribution in [1.29, 1.82) is 0 Å². The second-order valence-electron chi connectivity index (χ2n) is 5.04. The van der Waals surface area contributed by atoms with E-state index in [1.165, 1.54) is 41.5 Å². The van der Waals surface area contributed by atoms with Crippen molar-refractivity contribution in [2.45, 2.75) is 41.5 Å². The molecule has 0 amide bonds. The van der Waals surface area contributed by atoms with Crippen molar-refractivity contribution in [2.75, 3.05) is 0 Å². The fraction of sp³-hybridized carbons (Fsp3) is 0.667. The molecule has 96 valence electrons. The van der Waals surface area contributed by atoms with Gasteiger partial charge in [0, 0.05) is 0 Å². The summed E-state index contributed by atoms with van der Waals surface area (Å²) >= 11 is 0. The van der Waals surface area contributed by atoms with Gasteiger partial charge in [-0.25, -0.2) is 0 Å². The molecule has 0 saturated carbocycles. The van der Waals surface area contributed by atoms with Crippen molar-refractivity contribution in [3.63, 3.8) is 0 Å². The van der Waals surface area contributed by atoms with E-state index in [0.717, 1.165) is 0 Å². The van der Waals surface area contributed by atoms with Gasteiger partial charge in [-0.1, -0.05) is 0 Å². The molecule has 0 aromatic heterocycles. The lowest BCUT2D eigenvalue weighted by Crippen LogP contribution is -2.40. The van der Waals surface area contributed by atoms with Crippen LogP contribution in [0.5, 0.6) is 0 Å². The minimum absolute atomic E-state index is 0.407. The molecule has 0 aliphatic carbocycles. The highest BCUT2D eigenvalue weighted by molar-refractivity contribution is 6.09. The predicted octanol–water partition coefficient (Wildman–Crippen LogP) is 1.29. The molecule has 0 spiro atoms. The van der Waals surface area contributed by atoms with E-state index in [4.69, 9.17) is 0 Å². The number of carbonyl (C=O) groups is 4. The molecule has 0 fully saturated rings. The summed E-state index contributed by atoms with van der Waals surface area (Å²) in [6.07, 6.45) is 0. The smallest absolute Gasteiger partial charge is 0.326 e. The summed E-state index contributed by atoms with van der Waals surface area (Å²) in [5.74, 6) is -2.69. The molecule has 0 unspecified atom stereocenters. The highest BCUT2D eigenvalue weighted by atomic mass is 16.6. The third-order valence-electron chi connectivity index (χ3n) is 2.97. The maximum Gasteiger partial charge on any atom is 0.326 e. The Labute approximate surface area is 101 Å². The molecule has 5 heteroatoms. The van der Waals surface area contributed by atoms with E-state index in [0.29, 0.717) is 0 Å². The predicted molar refractivity (Wildman–Crippen MR) is 60.0 cm³/mol. The molecule has 0 saturated heterocycles. The Morgan fingerprint density at radius 2 is 0.941 bits per heavy atom. The second kappa shape index (κ2) is 4.77. The van der Waals surface area contributed by atoms with Crippen LogP contribution in [-0.2, 0) is 23.9 Å². The molecule has 0 aliphatic rings. The first-order valence-electron chi connectivity index (χ1n) is 5.22. The van der Waals surface area contributed by atoms with Gasteiger partial charge in [0.05, 0.1) is 0 Å². The molecule has 17 heavy (non-hydrogen) atoms. The van der Waals surface area contributed by atoms with Crippen LogP contribution >= 0.6 is 0 Å². The molecule has 0 radical (unpaired) electrons. The van der Waals surface area contributed by atoms with Gasteiger partial charge in [0.1, 0.15) is 22.4 Å². The van der Waals surface area contributed by atoms with Crippen molar-refractivity contribution < 1.29 is 23.9 Å². The minimum Gasteiger partial charge on any atom is -0.392 e. The van der Waals surface area contributed by atoms with Gasteiger partial charge >= 0.3 is 11.9 Å². The molecule has 0 N–H and O–H groups in total. The maximum absolute atomic E-state index is 11.6. The zero-order valence-corrected chi connectivity index (χ0v) is 11.0. The number of ether oxygens (including phenoxy) is 1. The lowest BCUT2D eigenvalue weighted by atomic mass is 9.87. The van der Waals surface area contributed by atoms with Crippen LogP contribution in [0.1, 0.15) is 41.5 Å². The standard InChI is InChI=1S/C12H18O5/c1-7(13)11(3,4)9(15)17-10(16)12(5,6)8(2)14/h1-6H3. The normalized spacial score (nSPS) is 11.9. The van der Waals surface area contributed by atoms with E-state index < -0.39 is 34.3 Å². The van der Waals surface area contributed by atoms with Crippen LogP contribution in [0.4, 0.5) is 0 Å². The summed E-state index contributed by atoms with van der Waals surface area (Å²) in [7, 11) is 0. The average molecular weight is 242 g/mol. The molecule has 0 aromatic rings. The highest BCUT2D eigenvalue weighted by Gasteiger charge is 2.41. The van der Waals surface area contributed by atoms with Gasteiger partial charge in [-0.3, -0.25) is 19.2 Å². The number of carbonyl (C=O) groups excluding carboxylic acids is 4. The number of esters is 2. The van der Waals surface area contributed by atoms with Crippen molar-refractivity contribution in [2.24, 2.45) is 10.8 Å². The Hall–Kier alpha value is -1.52. The van der Waals surface area contributed by atoms with Crippen LogP contribution in [0, 0.1) is 10.8 Å². The summed E-state index contributed by atoms with van der Waals surface area (Å²) in [6, 6.07) is 0.